The molecule has 1 N–H and O–H groups in total. The van der Waals surface area contributed by atoms with E-state index < -0.39 is 29.7 Å². The van der Waals surface area contributed by atoms with Gasteiger partial charge >= 0.3 is 18.2 Å². The lowest BCUT2D eigenvalue weighted by Crippen LogP contribution is -2.26. The number of amides is 1. The van der Waals surface area contributed by atoms with Crippen molar-refractivity contribution in [1.29, 1.82) is 0 Å². The molecule has 1 amide bonds. The highest BCUT2D eigenvalue weighted by molar-refractivity contribution is 5.74. The van der Waals surface area contributed by atoms with Crippen molar-refractivity contribution in [2.24, 2.45) is 5.92 Å². The maximum Gasteiger partial charge on any atom is 0.415 e. The number of carboxylic acids is 1. The van der Waals surface area contributed by atoms with Crippen molar-refractivity contribution >= 4 is 12.1 Å². The van der Waals surface area contributed by atoms with Gasteiger partial charge in [0.05, 0.1) is 19.1 Å². The number of hydrogen-bond acceptors (Lipinski definition) is 4. The molecule has 2 heterocycles. The number of rotatable bonds is 5. The van der Waals surface area contributed by atoms with Crippen LogP contribution in [0.2, 0.25) is 0 Å². The van der Waals surface area contributed by atoms with Crippen LogP contribution in [0.5, 0.6) is 5.75 Å². The molecule has 0 bridgehead atoms. The summed E-state index contributed by atoms with van der Waals surface area (Å²) in [6.45, 7) is 9.12. The summed E-state index contributed by atoms with van der Waals surface area (Å²) >= 11 is 0. The van der Waals surface area contributed by atoms with Crippen LogP contribution in [0.3, 0.4) is 0 Å². The van der Waals surface area contributed by atoms with Crippen molar-refractivity contribution in [2.45, 2.75) is 82.9 Å². The number of cyclic esters (lactones) is 1. The number of allylic oxidation sites excluding steroid dienone is 5. The molecule has 1 unspecified atom stereocenters. The van der Waals surface area contributed by atoms with E-state index in [1.807, 2.05) is 18.2 Å². The topological polar surface area (TPSA) is 76.1 Å². The molecule has 0 radical (unpaired) electrons. The van der Waals surface area contributed by atoms with E-state index in [9.17, 15) is 31.5 Å². The summed E-state index contributed by atoms with van der Waals surface area (Å²) < 4.78 is 76.2. The Morgan fingerprint density at radius 3 is 2.16 bits per heavy atom. The van der Waals surface area contributed by atoms with Crippen molar-refractivity contribution in [2.75, 3.05) is 13.7 Å². The van der Waals surface area contributed by atoms with Crippen molar-refractivity contribution in [3.63, 3.8) is 0 Å². The molecule has 3 fully saturated rings. The van der Waals surface area contributed by atoms with E-state index in [2.05, 4.69) is 26.0 Å². The third-order valence-electron chi connectivity index (χ3n) is 9.33. The first kappa shape index (κ1) is 40.6. The lowest BCUT2D eigenvalue weighted by atomic mass is 9.78. The Kier molecular flexibility index (Phi) is 13.8. The Morgan fingerprint density at radius 2 is 1.61 bits per heavy atom. The number of terminal acetylenes is 1. The van der Waals surface area contributed by atoms with E-state index in [1.165, 1.54) is 12.1 Å². The van der Waals surface area contributed by atoms with E-state index >= 15 is 0 Å². The number of nitrogens with zero attached hydrogens (tertiary/aromatic N) is 1. The molecule has 2 aromatic rings. The second-order valence-electron chi connectivity index (χ2n) is 12.7. The van der Waals surface area contributed by atoms with Crippen LogP contribution in [-0.2, 0) is 15.5 Å². The molecule has 2 aliphatic carbocycles. The van der Waals surface area contributed by atoms with Gasteiger partial charge in [0.25, 0.3) is 5.92 Å². The molecular formula is C40H44F5NO5. The Bertz CT molecular complexity index is 1660. The van der Waals surface area contributed by atoms with Gasteiger partial charge in [0.15, 0.2) is 0 Å². The van der Waals surface area contributed by atoms with E-state index in [1.54, 1.807) is 37.1 Å². The number of benzene rings is 2. The molecule has 2 saturated heterocycles. The van der Waals surface area contributed by atoms with Crippen LogP contribution < -0.4 is 4.74 Å². The number of carbonyl (C=O) groups is 2. The summed E-state index contributed by atoms with van der Waals surface area (Å²) in [4.78, 5) is 24.4. The number of ether oxygens (including phenoxy) is 2. The third-order valence-corrected chi connectivity index (χ3v) is 9.33. The van der Waals surface area contributed by atoms with Gasteiger partial charge in [-0.15, -0.1) is 26.0 Å². The maximum absolute atomic E-state index is 13.5. The van der Waals surface area contributed by atoms with Crippen molar-refractivity contribution < 1.29 is 46.1 Å². The molecule has 0 spiro atoms. The molecule has 6 nitrogen and oxygen atoms in total. The summed E-state index contributed by atoms with van der Waals surface area (Å²) in [6.07, 6.45) is 10.5. The molecule has 1 atom stereocenters. The molecule has 2 aromatic carbocycles. The summed E-state index contributed by atoms with van der Waals surface area (Å²) in [6, 6.07) is 12.0. The molecule has 4 aliphatic rings. The smallest absolute Gasteiger partial charge is 0.415 e. The van der Waals surface area contributed by atoms with Crippen LogP contribution in [0.1, 0.15) is 75.8 Å². The predicted octanol–water partition coefficient (Wildman–Crippen LogP) is 10.6. The SMILES string of the molecule is C#C.C=C.CC1=C/C(=C2/OC(=O)N3CCCC23)CC(C(F)(F)F)=C1.COc1ccc(C2CCC(C(=O)O)CC2)cc1-c1ccc(C(C)(F)F)cc1. The Labute approximate surface area is 296 Å². The quantitative estimate of drug-likeness (QED) is 0.190. The average molecular weight is 714 g/mol. The fraction of sp³-hybridized carbons (Fsp3) is 0.400. The molecule has 6 rings (SSSR count). The largest absolute Gasteiger partial charge is 0.496 e. The number of fused-ring (bicyclic) bond motifs is 1. The van der Waals surface area contributed by atoms with Crippen molar-refractivity contribution in [1.82, 2.24) is 4.90 Å². The van der Waals surface area contributed by atoms with Gasteiger partial charge in [0, 0.05) is 36.6 Å². The van der Waals surface area contributed by atoms with Gasteiger partial charge in [-0.1, -0.05) is 48.1 Å². The van der Waals surface area contributed by atoms with Crippen molar-refractivity contribution in [3.05, 3.63) is 101 Å². The fourth-order valence-corrected chi connectivity index (χ4v) is 6.82. The maximum atomic E-state index is 13.5. The normalized spacial score (nSPS) is 22.7. The van der Waals surface area contributed by atoms with Crippen LogP contribution in [0.4, 0.5) is 26.7 Å². The summed E-state index contributed by atoms with van der Waals surface area (Å²) in [5, 5.41) is 9.17. The summed E-state index contributed by atoms with van der Waals surface area (Å²) in [7, 11) is 1.59. The van der Waals surface area contributed by atoms with Gasteiger partial charge in [0.2, 0.25) is 0 Å². The predicted molar refractivity (Wildman–Crippen MR) is 187 cm³/mol. The number of aliphatic carboxylic acids is 1. The van der Waals surface area contributed by atoms with Crippen LogP contribution in [0, 0.1) is 18.8 Å². The lowest BCUT2D eigenvalue weighted by molar-refractivity contribution is -0.142. The van der Waals surface area contributed by atoms with Crippen LogP contribution >= 0.6 is 0 Å². The Balaban J connectivity index is 0.000000260. The first-order valence-corrected chi connectivity index (χ1v) is 16.6. The van der Waals surface area contributed by atoms with Crippen LogP contribution in [0.25, 0.3) is 11.1 Å². The van der Waals surface area contributed by atoms with Gasteiger partial charge in [-0.2, -0.15) is 13.2 Å². The van der Waals surface area contributed by atoms with E-state index in [0.717, 1.165) is 55.4 Å². The van der Waals surface area contributed by atoms with Crippen LogP contribution in [0.15, 0.2) is 90.3 Å². The molecule has 11 heteroatoms. The number of halogens is 5. The average Bonchev–Trinajstić information content (AvgIpc) is 3.73. The third kappa shape index (κ3) is 9.90. The van der Waals surface area contributed by atoms with Gasteiger partial charge in [-0.05, 0) is 80.2 Å². The number of methoxy groups -OCH3 is 1. The monoisotopic (exact) mass is 713 g/mol. The zero-order chi connectivity index (χ0) is 38.1. The fourth-order valence-electron chi connectivity index (χ4n) is 6.82. The zero-order valence-electron chi connectivity index (χ0n) is 29.1. The Morgan fingerprint density at radius 1 is 0.980 bits per heavy atom. The second-order valence-corrected chi connectivity index (χ2v) is 12.7. The first-order chi connectivity index (χ1) is 24.2. The zero-order valence-corrected chi connectivity index (χ0v) is 29.1. The van der Waals surface area contributed by atoms with E-state index in [-0.39, 0.29) is 23.9 Å². The highest BCUT2D eigenvalue weighted by Gasteiger charge is 2.44. The molecule has 1 saturated carbocycles. The Hall–Kier alpha value is -4.85. The molecular weight excluding hydrogens is 669 g/mol. The second kappa shape index (κ2) is 17.4. The van der Waals surface area contributed by atoms with E-state index in [0.29, 0.717) is 48.0 Å². The molecule has 2 aliphatic heterocycles. The van der Waals surface area contributed by atoms with Gasteiger partial charge in [0.1, 0.15) is 11.5 Å². The number of carboxylic acid groups (broad SMARTS) is 1. The minimum Gasteiger partial charge on any atom is -0.496 e. The minimum absolute atomic E-state index is 0.0200. The minimum atomic E-state index is -4.35. The molecule has 51 heavy (non-hydrogen) atoms. The highest BCUT2D eigenvalue weighted by atomic mass is 19.4. The number of carbonyl (C=O) groups excluding carboxylic acids is 1. The molecule has 0 aromatic heterocycles. The van der Waals surface area contributed by atoms with Gasteiger partial charge in [-0.25, -0.2) is 13.6 Å². The summed E-state index contributed by atoms with van der Waals surface area (Å²) in [5.41, 5.74) is 3.21. The van der Waals surface area contributed by atoms with E-state index in [4.69, 9.17) is 14.6 Å². The highest BCUT2D eigenvalue weighted by Crippen LogP contribution is 2.42. The van der Waals surface area contributed by atoms with Crippen molar-refractivity contribution in [3.8, 4) is 29.7 Å². The van der Waals surface area contributed by atoms with Gasteiger partial charge < -0.3 is 14.6 Å². The van der Waals surface area contributed by atoms with Crippen LogP contribution in [-0.4, -0.2) is 47.9 Å². The summed E-state index contributed by atoms with van der Waals surface area (Å²) in [5.74, 6) is -2.42. The standard InChI is InChI=1S/C22H24F2O3.C14H14F3NO2.C2H4.C2H2/c1-22(23,24)18-10-7-15(8-11-18)19-13-17(9-12-20(19)27-2)14-3-5-16(6-4-14)21(25)26;1-8-5-9(7-10(6-8)14(15,16)17)12-11-3-2-4-18(11)13(19)20-12;2*1-2/h7-14,16H,3-6H2,1-2H3,(H,25,26);5-6,11H,2-4,7H2,1H3;1-2H2;1-2H/b;12-9-;;. The lowest BCUT2D eigenvalue weighted by Gasteiger charge is -2.27. The number of hydrogen-bond donors (Lipinski definition) is 1. The molecule has 274 valence electrons. The van der Waals surface area contributed by atoms with Gasteiger partial charge in [-0.3, -0.25) is 9.69 Å². The first-order valence-electron chi connectivity index (χ1n) is 16.6. The number of alkyl halides is 5.